The van der Waals surface area contributed by atoms with Crippen LogP contribution >= 0.6 is 0 Å². The van der Waals surface area contributed by atoms with Gasteiger partial charge in [-0.2, -0.15) is 0 Å². The number of phenols is 1. The topological polar surface area (TPSA) is 33.1 Å². The predicted molar refractivity (Wildman–Crippen MR) is 86.3 cm³/mol. The van der Waals surface area contributed by atoms with Crippen molar-refractivity contribution in [2.24, 2.45) is 0 Å². The molecule has 3 aromatic carbocycles. The molecule has 2 nitrogen and oxygen atoms in total. The molecule has 0 saturated carbocycles. The largest absolute Gasteiger partial charge is 0.507 e. The number of pyridine rings is 1. The van der Waals surface area contributed by atoms with Crippen molar-refractivity contribution in [3.05, 3.63) is 72.8 Å². The van der Waals surface area contributed by atoms with Crippen LogP contribution < -0.4 is 0 Å². The van der Waals surface area contributed by atoms with E-state index >= 15 is 0 Å². The van der Waals surface area contributed by atoms with Gasteiger partial charge in [0, 0.05) is 16.3 Å². The van der Waals surface area contributed by atoms with Crippen LogP contribution in [0.4, 0.5) is 0 Å². The van der Waals surface area contributed by atoms with Gasteiger partial charge in [-0.05, 0) is 17.5 Å². The number of aromatic hydroxyl groups is 1. The summed E-state index contributed by atoms with van der Waals surface area (Å²) in [4.78, 5) is 4.77. The number of rotatable bonds is 1. The standard InChI is InChI=1S/C19H13NO/c21-17-8-4-7-14-9-10-15-11-12-16(20-19(15)18(14)17)13-5-2-1-3-6-13/h1-12,21H. The highest BCUT2D eigenvalue weighted by molar-refractivity contribution is 6.08. The van der Waals surface area contributed by atoms with E-state index in [1.54, 1.807) is 6.07 Å². The summed E-state index contributed by atoms with van der Waals surface area (Å²) in [7, 11) is 0. The van der Waals surface area contributed by atoms with Gasteiger partial charge in [0.1, 0.15) is 5.75 Å². The lowest BCUT2D eigenvalue weighted by atomic mass is 10.0. The van der Waals surface area contributed by atoms with E-state index in [1.807, 2.05) is 60.7 Å². The molecule has 0 aliphatic carbocycles. The smallest absolute Gasteiger partial charge is 0.125 e. The monoisotopic (exact) mass is 271 g/mol. The third-order valence-corrected chi connectivity index (χ3v) is 3.75. The van der Waals surface area contributed by atoms with E-state index < -0.39 is 0 Å². The first kappa shape index (κ1) is 11.9. The maximum atomic E-state index is 10.2. The molecular weight excluding hydrogens is 258 g/mol. The van der Waals surface area contributed by atoms with E-state index in [-0.39, 0.29) is 5.75 Å². The Balaban J connectivity index is 2.08. The Kier molecular flexibility index (Phi) is 2.61. The lowest BCUT2D eigenvalue weighted by Gasteiger charge is -2.07. The Morgan fingerprint density at radius 2 is 1.43 bits per heavy atom. The number of aromatic nitrogens is 1. The lowest BCUT2D eigenvalue weighted by Crippen LogP contribution is -1.87. The molecule has 100 valence electrons. The second-order valence-corrected chi connectivity index (χ2v) is 5.08. The van der Waals surface area contributed by atoms with Crippen molar-refractivity contribution < 1.29 is 5.11 Å². The third kappa shape index (κ3) is 1.93. The lowest BCUT2D eigenvalue weighted by molar-refractivity contribution is 0.482. The van der Waals surface area contributed by atoms with Crippen molar-refractivity contribution >= 4 is 21.7 Å². The van der Waals surface area contributed by atoms with E-state index in [0.29, 0.717) is 0 Å². The van der Waals surface area contributed by atoms with Crippen molar-refractivity contribution in [1.29, 1.82) is 0 Å². The SMILES string of the molecule is Oc1cccc2ccc3ccc(-c4ccccc4)nc3c12. The molecule has 0 radical (unpaired) electrons. The molecule has 0 spiro atoms. The minimum atomic E-state index is 0.274. The van der Waals surface area contributed by atoms with Gasteiger partial charge in [0.25, 0.3) is 0 Å². The third-order valence-electron chi connectivity index (χ3n) is 3.75. The average molecular weight is 271 g/mol. The van der Waals surface area contributed by atoms with Crippen LogP contribution in [0, 0.1) is 0 Å². The van der Waals surface area contributed by atoms with Gasteiger partial charge < -0.3 is 5.11 Å². The highest BCUT2D eigenvalue weighted by Crippen LogP contribution is 2.32. The summed E-state index contributed by atoms with van der Waals surface area (Å²) >= 11 is 0. The van der Waals surface area contributed by atoms with Crippen LogP contribution in [0.5, 0.6) is 5.75 Å². The number of hydrogen-bond donors (Lipinski definition) is 1. The minimum Gasteiger partial charge on any atom is -0.507 e. The molecule has 0 unspecified atom stereocenters. The van der Waals surface area contributed by atoms with Crippen molar-refractivity contribution in [1.82, 2.24) is 4.98 Å². The summed E-state index contributed by atoms with van der Waals surface area (Å²) in [6, 6.07) is 23.8. The van der Waals surface area contributed by atoms with Gasteiger partial charge in [0.15, 0.2) is 0 Å². The zero-order valence-electron chi connectivity index (χ0n) is 11.3. The van der Waals surface area contributed by atoms with Crippen molar-refractivity contribution in [3.63, 3.8) is 0 Å². The van der Waals surface area contributed by atoms with Crippen LogP contribution in [0.3, 0.4) is 0 Å². The summed E-state index contributed by atoms with van der Waals surface area (Å²) in [5.41, 5.74) is 2.83. The molecule has 1 heterocycles. The van der Waals surface area contributed by atoms with Gasteiger partial charge in [-0.3, -0.25) is 0 Å². The molecule has 1 N–H and O–H groups in total. The molecule has 2 heteroatoms. The Hall–Kier alpha value is -2.87. The molecule has 0 aliphatic heterocycles. The van der Waals surface area contributed by atoms with E-state index in [2.05, 4.69) is 6.07 Å². The molecule has 0 aliphatic rings. The number of nitrogens with zero attached hydrogens (tertiary/aromatic N) is 1. The summed E-state index contributed by atoms with van der Waals surface area (Å²) in [6.45, 7) is 0. The quantitative estimate of drug-likeness (QED) is 0.506. The average Bonchev–Trinajstić information content (AvgIpc) is 2.55. The second kappa shape index (κ2) is 4.60. The zero-order valence-corrected chi connectivity index (χ0v) is 11.3. The normalized spacial score (nSPS) is 11.0. The summed E-state index contributed by atoms with van der Waals surface area (Å²) in [6.07, 6.45) is 0. The van der Waals surface area contributed by atoms with Crippen molar-refractivity contribution in [3.8, 4) is 17.0 Å². The van der Waals surface area contributed by atoms with Crippen molar-refractivity contribution in [2.45, 2.75) is 0 Å². The molecule has 0 amide bonds. The fourth-order valence-electron chi connectivity index (χ4n) is 2.71. The molecular formula is C19H13NO. The van der Waals surface area contributed by atoms with Crippen LogP contribution in [0.1, 0.15) is 0 Å². The highest BCUT2D eigenvalue weighted by atomic mass is 16.3. The zero-order chi connectivity index (χ0) is 14.2. The second-order valence-electron chi connectivity index (χ2n) is 5.08. The summed E-state index contributed by atoms with van der Waals surface area (Å²) < 4.78 is 0. The first-order valence-electron chi connectivity index (χ1n) is 6.90. The molecule has 21 heavy (non-hydrogen) atoms. The van der Waals surface area contributed by atoms with E-state index in [4.69, 9.17) is 4.98 Å². The number of fused-ring (bicyclic) bond motifs is 3. The highest BCUT2D eigenvalue weighted by Gasteiger charge is 2.08. The summed E-state index contributed by atoms with van der Waals surface area (Å²) in [5.74, 6) is 0.274. The molecule has 1 aromatic heterocycles. The fourth-order valence-corrected chi connectivity index (χ4v) is 2.71. The molecule has 0 fully saturated rings. The van der Waals surface area contributed by atoms with Gasteiger partial charge in [0.05, 0.1) is 11.2 Å². The van der Waals surface area contributed by atoms with Crippen LogP contribution in [0.25, 0.3) is 32.9 Å². The van der Waals surface area contributed by atoms with E-state index in [9.17, 15) is 5.11 Å². The molecule has 0 bridgehead atoms. The first-order valence-corrected chi connectivity index (χ1v) is 6.90. The van der Waals surface area contributed by atoms with Crippen LogP contribution in [-0.2, 0) is 0 Å². The molecule has 0 saturated heterocycles. The van der Waals surface area contributed by atoms with Crippen LogP contribution in [0.15, 0.2) is 72.8 Å². The van der Waals surface area contributed by atoms with Gasteiger partial charge in [-0.25, -0.2) is 4.98 Å². The summed E-state index contributed by atoms with van der Waals surface area (Å²) in [5, 5.41) is 13.0. The van der Waals surface area contributed by atoms with E-state index in [0.717, 1.165) is 32.9 Å². The first-order chi connectivity index (χ1) is 10.3. The number of phenolic OH excluding ortho intramolecular Hbond substituents is 1. The maximum Gasteiger partial charge on any atom is 0.125 e. The van der Waals surface area contributed by atoms with Crippen LogP contribution in [-0.4, -0.2) is 10.1 Å². The Bertz CT molecular complexity index is 945. The molecule has 4 rings (SSSR count). The maximum absolute atomic E-state index is 10.2. The number of hydrogen-bond acceptors (Lipinski definition) is 2. The number of benzene rings is 3. The van der Waals surface area contributed by atoms with Gasteiger partial charge in [-0.15, -0.1) is 0 Å². The fraction of sp³-hybridized carbons (Fsp3) is 0. The Morgan fingerprint density at radius 3 is 2.29 bits per heavy atom. The van der Waals surface area contributed by atoms with Gasteiger partial charge >= 0.3 is 0 Å². The Morgan fingerprint density at radius 1 is 0.667 bits per heavy atom. The molecule has 4 aromatic rings. The van der Waals surface area contributed by atoms with Gasteiger partial charge in [-0.1, -0.05) is 60.7 Å². The van der Waals surface area contributed by atoms with Crippen LogP contribution in [0.2, 0.25) is 0 Å². The Labute approximate surface area is 122 Å². The van der Waals surface area contributed by atoms with Crippen molar-refractivity contribution in [2.75, 3.05) is 0 Å². The predicted octanol–water partition coefficient (Wildman–Crippen LogP) is 4.76. The van der Waals surface area contributed by atoms with Gasteiger partial charge in [0.2, 0.25) is 0 Å². The van der Waals surface area contributed by atoms with E-state index in [1.165, 1.54) is 0 Å². The molecule has 0 atom stereocenters. The minimum absolute atomic E-state index is 0.274.